The Labute approximate surface area is 127 Å². The summed E-state index contributed by atoms with van der Waals surface area (Å²) in [6.07, 6.45) is 16.9. The van der Waals surface area contributed by atoms with Crippen molar-refractivity contribution < 1.29 is 5.11 Å². The Balaban J connectivity index is 3.05. The molecule has 0 aromatic heterocycles. The average Bonchev–Trinajstić information content (AvgIpc) is 2.45. The van der Waals surface area contributed by atoms with Gasteiger partial charge in [-0.2, -0.15) is 0 Å². The number of unbranched alkanes of at least 4 members (excludes halogenated alkanes) is 10. The fraction of sp³-hybridized carbons (Fsp3) is 1.00. The molecule has 0 amide bonds. The summed E-state index contributed by atoms with van der Waals surface area (Å²) in [6.45, 7) is 6.32. The molecule has 0 fully saturated rings. The zero-order valence-corrected chi connectivity index (χ0v) is 14.1. The van der Waals surface area contributed by atoms with Crippen LogP contribution < -0.4 is 5.32 Å². The highest BCUT2D eigenvalue weighted by atomic mass is 16.3. The summed E-state index contributed by atoms with van der Waals surface area (Å²) in [5.41, 5.74) is 0. The lowest BCUT2D eigenvalue weighted by Gasteiger charge is -2.11. The Morgan fingerprint density at radius 3 is 1.80 bits per heavy atom. The van der Waals surface area contributed by atoms with Crippen LogP contribution in [0.15, 0.2) is 0 Å². The summed E-state index contributed by atoms with van der Waals surface area (Å²) in [6, 6.07) is 0. The molecule has 0 aliphatic heterocycles. The van der Waals surface area contributed by atoms with Gasteiger partial charge in [0.2, 0.25) is 0 Å². The molecule has 20 heavy (non-hydrogen) atoms. The molecule has 1 atom stereocenters. The number of aliphatic hydroxyl groups excluding tert-OH is 1. The van der Waals surface area contributed by atoms with E-state index in [-0.39, 0.29) is 6.10 Å². The fourth-order valence-electron chi connectivity index (χ4n) is 2.56. The van der Waals surface area contributed by atoms with Gasteiger partial charge in [-0.15, -0.1) is 0 Å². The standard InChI is InChI=1S/C18H39NO/c1-3-5-7-8-9-10-11-12-14-16-19-17-18(20)15-13-6-4-2/h18-20H,3-17H2,1-2H3. The molecule has 0 radical (unpaired) electrons. The monoisotopic (exact) mass is 285 g/mol. The largest absolute Gasteiger partial charge is 0.392 e. The molecule has 0 aliphatic carbocycles. The van der Waals surface area contributed by atoms with E-state index in [1.165, 1.54) is 70.6 Å². The molecule has 2 heteroatoms. The fourth-order valence-corrected chi connectivity index (χ4v) is 2.56. The molecule has 0 spiro atoms. The van der Waals surface area contributed by atoms with Gasteiger partial charge in [-0.1, -0.05) is 84.5 Å². The van der Waals surface area contributed by atoms with Crippen molar-refractivity contribution in [3.63, 3.8) is 0 Å². The topological polar surface area (TPSA) is 32.3 Å². The summed E-state index contributed by atoms with van der Waals surface area (Å²) < 4.78 is 0. The third-order valence-electron chi connectivity index (χ3n) is 3.98. The van der Waals surface area contributed by atoms with Crippen molar-refractivity contribution in [3.8, 4) is 0 Å². The normalized spacial score (nSPS) is 12.8. The SMILES string of the molecule is CCCCCCCCCCCNCC(O)CCCCC. The van der Waals surface area contributed by atoms with Crippen molar-refractivity contribution in [1.82, 2.24) is 5.32 Å². The second-order valence-electron chi connectivity index (χ2n) is 6.18. The first-order chi connectivity index (χ1) is 9.81. The van der Waals surface area contributed by atoms with Crippen LogP contribution in [0.25, 0.3) is 0 Å². The molecule has 0 rings (SSSR count). The quantitative estimate of drug-likeness (QED) is 0.389. The number of rotatable bonds is 16. The van der Waals surface area contributed by atoms with Crippen LogP contribution in [-0.4, -0.2) is 24.3 Å². The molecule has 1 unspecified atom stereocenters. The highest BCUT2D eigenvalue weighted by Crippen LogP contribution is 2.09. The third-order valence-corrected chi connectivity index (χ3v) is 3.98. The lowest BCUT2D eigenvalue weighted by atomic mass is 10.1. The Morgan fingerprint density at radius 2 is 1.20 bits per heavy atom. The summed E-state index contributed by atoms with van der Waals surface area (Å²) in [4.78, 5) is 0. The van der Waals surface area contributed by atoms with E-state index < -0.39 is 0 Å². The van der Waals surface area contributed by atoms with Crippen molar-refractivity contribution in [1.29, 1.82) is 0 Å². The second-order valence-corrected chi connectivity index (χ2v) is 6.18. The van der Waals surface area contributed by atoms with Gasteiger partial charge in [-0.05, 0) is 19.4 Å². The number of hydrogen-bond acceptors (Lipinski definition) is 2. The number of nitrogens with one attached hydrogen (secondary N) is 1. The van der Waals surface area contributed by atoms with E-state index >= 15 is 0 Å². The molecule has 2 nitrogen and oxygen atoms in total. The van der Waals surface area contributed by atoms with Crippen molar-refractivity contribution in [2.75, 3.05) is 13.1 Å². The van der Waals surface area contributed by atoms with Crippen LogP contribution in [-0.2, 0) is 0 Å². The van der Waals surface area contributed by atoms with Crippen LogP contribution >= 0.6 is 0 Å². The summed E-state index contributed by atoms with van der Waals surface area (Å²) >= 11 is 0. The van der Waals surface area contributed by atoms with Gasteiger partial charge in [-0.25, -0.2) is 0 Å². The molecule has 0 aliphatic rings. The molecule has 0 aromatic carbocycles. The maximum absolute atomic E-state index is 9.76. The minimum absolute atomic E-state index is 0.139. The van der Waals surface area contributed by atoms with Gasteiger partial charge >= 0.3 is 0 Å². The molecule has 0 saturated heterocycles. The van der Waals surface area contributed by atoms with E-state index in [1.54, 1.807) is 0 Å². The first kappa shape index (κ1) is 19.9. The van der Waals surface area contributed by atoms with Crippen LogP contribution in [0.2, 0.25) is 0 Å². The maximum atomic E-state index is 9.76. The van der Waals surface area contributed by atoms with Gasteiger partial charge in [0.1, 0.15) is 0 Å². The lowest BCUT2D eigenvalue weighted by molar-refractivity contribution is 0.158. The number of hydrogen-bond donors (Lipinski definition) is 2. The van der Waals surface area contributed by atoms with Crippen molar-refractivity contribution in [2.45, 2.75) is 103 Å². The van der Waals surface area contributed by atoms with Crippen LogP contribution in [0.4, 0.5) is 0 Å². The predicted molar refractivity (Wildman–Crippen MR) is 90.2 cm³/mol. The average molecular weight is 286 g/mol. The predicted octanol–water partition coefficient (Wildman–Crippen LogP) is 5.05. The van der Waals surface area contributed by atoms with E-state index in [0.29, 0.717) is 0 Å². The first-order valence-corrected chi connectivity index (χ1v) is 9.20. The number of aliphatic hydroxyl groups is 1. The molecule has 0 saturated carbocycles. The van der Waals surface area contributed by atoms with E-state index in [0.717, 1.165) is 25.9 Å². The summed E-state index contributed by atoms with van der Waals surface area (Å²) in [7, 11) is 0. The maximum Gasteiger partial charge on any atom is 0.0664 e. The van der Waals surface area contributed by atoms with Gasteiger partial charge in [0.25, 0.3) is 0 Å². The van der Waals surface area contributed by atoms with Crippen molar-refractivity contribution in [2.24, 2.45) is 0 Å². The molecule has 122 valence electrons. The Kier molecular flexibility index (Phi) is 16.9. The van der Waals surface area contributed by atoms with Crippen LogP contribution in [0.3, 0.4) is 0 Å². The van der Waals surface area contributed by atoms with Gasteiger partial charge < -0.3 is 10.4 Å². The van der Waals surface area contributed by atoms with Crippen LogP contribution in [0.5, 0.6) is 0 Å². The molecule has 2 N–H and O–H groups in total. The molecule has 0 aromatic rings. The van der Waals surface area contributed by atoms with Gasteiger partial charge in [0.15, 0.2) is 0 Å². The molecule has 0 heterocycles. The highest BCUT2D eigenvalue weighted by Gasteiger charge is 2.02. The minimum atomic E-state index is -0.139. The highest BCUT2D eigenvalue weighted by molar-refractivity contribution is 4.60. The Hall–Kier alpha value is -0.0800. The first-order valence-electron chi connectivity index (χ1n) is 9.20. The van der Waals surface area contributed by atoms with Gasteiger partial charge in [0, 0.05) is 6.54 Å². The van der Waals surface area contributed by atoms with Crippen LogP contribution in [0, 0.1) is 0 Å². The van der Waals surface area contributed by atoms with Crippen molar-refractivity contribution >= 4 is 0 Å². The van der Waals surface area contributed by atoms with Gasteiger partial charge in [-0.3, -0.25) is 0 Å². The van der Waals surface area contributed by atoms with E-state index in [4.69, 9.17) is 0 Å². The van der Waals surface area contributed by atoms with Gasteiger partial charge in [0.05, 0.1) is 6.10 Å². The Bertz CT molecular complexity index is 173. The van der Waals surface area contributed by atoms with E-state index in [9.17, 15) is 5.11 Å². The van der Waals surface area contributed by atoms with Crippen molar-refractivity contribution in [3.05, 3.63) is 0 Å². The smallest absolute Gasteiger partial charge is 0.0664 e. The molecular weight excluding hydrogens is 246 g/mol. The lowest BCUT2D eigenvalue weighted by Crippen LogP contribution is -2.27. The zero-order valence-electron chi connectivity index (χ0n) is 14.1. The van der Waals surface area contributed by atoms with Crippen LogP contribution in [0.1, 0.15) is 97.3 Å². The third kappa shape index (κ3) is 16.0. The second kappa shape index (κ2) is 17.0. The Morgan fingerprint density at radius 1 is 0.700 bits per heavy atom. The summed E-state index contributed by atoms with van der Waals surface area (Å²) in [5.74, 6) is 0. The minimum Gasteiger partial charge on any atom is -0.392 e. The summed E-state index contributed by atoms with van der Waals surface area (Å²) in [5, 5.41) is 13.1. The van der Waals surface area contributed by atoms with E-state index in [2.05, 4.69) is 19.2 Å². The van der Waals surface area contributed by atoms with E-state index in [1.807, 2.05) is 0 Å². The molecule has 0 bridgehead atoms. The molecular formula is C18H39NO. The zero-order chi connectivity index (χ0) is 14.9.